The zero-order chi connectivity index (χ0) is 19.2. The molecule has 2 amide bonds. The zero-order valence-corrected chi connectivity index (χ0v) is 15.6. The predicted molar refractivity (Wildman–Crippen MR) is 103 cm³/mol. The van der Waals surface area contributed by atoms with Crippen LogP contribution in [-0.2, 0) is 0 Å². The van der Waals surface area contributed by atoms with Crippen molar-refractivity contribution in [3.8, 4) is 5.75 Å². The van der Waals surface area contributed by atoms with E-state index in [1.54, 1.807) is 37.4 Å². The molecule has 0 spiro atoms. The minimum atomic E-state index is -0.318. The predicted octanol–water partition coefficient (Wildman–Crippen LogP) is 2.12. The maximum atomic E-state index is 12.7. The standard InChI is InChI=1S/C20H24N4O3/c1-3-23-7-9-24(10-8-23)20(26)16-11-15(13-21-14-16)19(25)22-17-5-4-6-18(12-17)27-2/h4-6,11-14H,3,7-10H2,1-2H3,(H,22,25). The molecule has 1 aliphatic heterocycles. The molecule has 3 rings (SSSR count). The summed E-state index contributed by atoms with van der Waals surface area (Å²) in [5.74, 6) is 0.247. The smallest absolute Gasteiger partial charge is 0.257 e. The molecule has 7 nitrogen and oxygen atoms in total. The lowest BCUT2D eigenvalue weighted by molar-refractivity contribution is 0.0643. The number of anilines is 1. The Labute approximate surface area is 158 Å². The number of rotatable bonds is 5. The molecular weight excluding hydrogens is 344 g/mol. The van der Waals surface area contributed by atoms with Crippen LogP contribution >= 0.6 is 0 Å². The van der Waals surface area contributed by atoms with Gasteiger partial charge in [0, 0.05) is 50.3 Å². The molecule has 1 aromatic carbocycles. The Bertz CT molecular complexity index is 816. The van der Waals surface area contributed by atoms with Crippen LogP contribution in [0.1, 0.15) is 27.6 Å². The molecule has 0 bridgehead atoms. The molecular formula is C20H24N4O3. The number of piperazine rings is 1. The van der Waals surface area contributed by atoms with E-state index in [0.29, 0.717) is 35.7 Å². The van der Waals surface area contributed by atoms with Gasteiger partial charge in [-0.3, -0.25) is 14.6 Å². The fourth-order valence-electron chi connectivity index (χ4n) is 3.03. The van der Waals surface area contributed by atoms with Gasteiger partial charge in [-0.2, -0.15) is 0 Å². The maximum Gasteiger partial charge on any atom is 0.257 e. The fraction of sp³-hybridized carbons (Fsp3) is 0.350. The summed E-state index contributed by atoms with van der Waals surface area (Å²) in [6, 6.07) is 8.69. The molecule has 142 valence electrons. The van der Waals surface area contributed by atoms with Crippen LogP contribution in [0, 0.1) is 0 Å². The van der Waals surface area contributed by atoms with Gasteiger partial charge in [-0.25, -0.2) is 0 Å². The number of nitrogens with one attached hydrogen (secondary N) is 1. The van der Waals surface area contributed by atoms with Crippen LogP contribution in [0.2, 0.25) is 0 Å². The highest BCUT2D eigenvalue weighted by molar-refractivity contribution is 6.05. The van der Waals surface area contributed by atoms with Gasteiger partial charge in [-0.1, -0.05) is 13.0 Å². The normalized spacial score (nSPS) is 14.7. The number of benzene rings is 1. The number of amides is 2. The van der Waals surface area contributed by atoms with Gasteiger partial charge in [0.1, 0.15) is 5.75 Å². The van der Waals surface area contributed by atoms with Crippen molar-refractivity contribution in [2.45, 2.75) is 6.92 Å². The first kappa shape index (κ1) is 18.8. The van der Waals surface area contributed by atoms with E-state index in [2.05, 4.69) is 22.1 Å². The first-order valence-corrected chi connectivity index (χ1v) is 9.02. The highest BCUT2D eigenvalue weighted by atomic mass is 16.5. The summed E-state index contributed by atoms with van der Waals surface area (Å²) in [7, 11) is 1.57. The van der Waals surface area contributed by atoms with Gasteiger partial charge < -0.3 is 19.9 Å². The SMILES string of the molecule is CCN1CCN(C(=O)c2cncc(C(=O)Nc3cccc(OC)c3)c2)CC1. The summed E-state index contributed by atoms with van der Waals surface area (Å²) >= 11 is 0. The molecule has 1 N–H and O–H groups in total. The highest BCUT2D eigenvalue weighted by Crippen LogP contribution is 2.18. The Balaban J connectivity index is 1.69. The van der Waals surface area contributed by atoms with Gasteiger partial charge in [-0.05, 0) is 24.7 Å². The van der Waals surface area contributed by atoms with Crippen molar-refractivity contribution in [3.05, 3.63) is 53.9 Å². The lowest BCUT2D eigenvalue weighted by atomic mass is 10.1. The van der Waals surface area contributed by atoms with Crippen molar-refractivity contribution in [3.63, 3.8) is 0 Å². The van der Waals surface area contributed by atoms with Crippen LogP contribution < -0.4 is 10.1 Å². The van der Waals surface area contributed by atoms with E-state index in [9.17, 15) is 9.59 Å². The Kier molecular flexibility index (Phi) is 6.03. The van der Waals surface area contributed by atoms with E-state index < -0.39 is 0 Å². The topological polar surface area (TPSA) is 74.8 Å². The summed E-state index contributed by atoms with van der Waals surface area (Å²) in [4.78, 5) is 33.5. The average molecular weight is 368 g/mol. The van der Waals surface area contributed by atoms with Crippen molar-refractivity contribution >= 4 is 17.5 Å². The maximum absolute atomic E-state index is 12.7. The number of hydrogen-bond donors (Lipinski definition) is 1. The zero-order valence-electron chi connectivity index (χ0n) is 15.6. The number of carbonyl (C=O) groups is 2. The number of aromatic nitrogens is 1. The number of ether oxygens (including phenoxy) is 1. The Morgan fingerprint density at radius 3 is 2.56 bits per heavy atom. The van der Waals surface area contributed by atoms with E-state index in [1.807, 2.05) is 4.90 Å². The number of likely N-dealkylation sites (N-methyl/N-ethyl adjacent to an activating group) is 1. The first-order chi connectivity index (χ1) is 13.1. The minimum absolute atomic E-state index is 0.0886. The van der Waals surface area contributed by atoms with Crippen molar-refractivity contribution in [2.24, 2.45) is 0 Å². The van der Waals surface area contributed by atoms with Crippen molar-refractivity contribution in [1.82, 2.24) is 14.8 Å². The second kappa shape index (κ2) is 8.64. The largest absolute Gasteiger partial charge is 0.497 e. The number of nitrogens with zero attached hydrogens (tertiary/aromatic N) is 3. The summed E-state index contributed by atoms with van der Waals surface area (Å²) < 4.78 is 5.16. The highest BCUT2D eigenvalue weighted by Gasteiger charge is 2.22. The molecule has 0 aliphatic carbocycles. The van der Waals surface area contributed by atoms with Crippen LogP contribution in [0.3, 0.4) is 0 Å². The molecule has 2 aromatic rings. The van der Waals surface area contributed by atoms with Crippen LogP contribution in [0.5, 0.6) is 5.75 Å². The molecule has 1 aromatic heterocycles. The third-order valence-corrected chi connectivity index (χ3v) is 4.68. The van der Waals surface area contributed by atoms with Gasteiger partial charge in [0.25, 0.3) is 11.8 Å². The van der Waals surface area contributed by atoms with Crippen molar-refractivity contribution in [1.29, 1.82) is 0 Å². The number of hydrogen-bond acceptors (Lipinski definition) is 5. The van der Waals surface area contributed by atoms with Gasteiger partial charge >= 0.3 is 0 Å². The van der Waals surface area contributed by atoms with Crippen molar-refractivity contribution in [2.75, 3.05) is 45.2 Å². The summed E-state index contributed by atoms with van der Waals surface area (Å²) in [5.41, 5.74) is 1.39. The Hall–Kier alpha value is -2.93. The van der Waals surface area contributed by atoms with Gasteiger partial charge in [0.05, 0.1) is 18.2 Å². The molecule has 0 radical (unpaired) electrons. The number of carbonyl (C=O) groups excluding carboxylic acids is 2. The van der Waals surface area contributed by atoms with E-state index in [1.165, 1.54) is 12.4 Å². The quantitative estimate of drug-likeness (QED) is 0.875. The first-order valence-electron chi connectivity index (χ1n) is 9.02. The molecule has 0 unspecified atom stereocenters. The van der Waals surface area contributed by atoms with E-state index in [4.69, 9.17) is 4.74 Å². The Morgan fingerprint density at radius 2 is 1.85 bits per heavy atom. The van der Waals surface area contributed by atoms with E-state index in [-0.39, 0.29) is 11.8 Å². The van der Waals surface area contributed by atoms with E-state index in [0.717, 1.165) is 19.6 Å². The van der Waals surface area contributed by atoms with Crippen LogP contribution in [0.4, 0.5) is 5.69 Å². The molecule has 1 saturated heterocycles. The van der Waals surface area contributed by atoms with Crippen LogP contribution in [0.15, 0.2) is 42.7 Å². The lowest BCUT2D eigenvalue weighted by Crippen LogP contribution is -2.48. The van der Waals surface area contributed by atoms with Gasteiger partial charge in [0.15, 0.2) is 0 Å². The summed E-state index contributed by atoms with van der Waals surface area (Å²) in [6.45, 7) is 6.21. The van der Waals surface area contributed by atoms with Gasteiger partial charge in [-0.15, -0.1) is 0 Å². The lowest BCUT2D eigenvalue weighted by Gasteiger charge is -2.34. The third-order valence-electron chi connectivity index (χ3n) is 4.68. The number of pyridine rings is 1. The monoisotopic (exact) mass is 368 g/mol. The van der Waals surface area contributed by atoms with Gasteiger partial charge in [0.2, 0.25) is 0 Å². The minimum Gasteiger partial charge on any atom is -0.497 e. The summed E-state index contributed by atoms with van der Waals surface area (Å²) in [5, 5.41) is 2.80. The number of methoxy groups -OCH3 is 1. The van der Waals surface area contributed by atoms with Crippen LogP contribution in [-0.4, -0.2) is 66.4 Å². The van der Waals surface area contributed by atoms with E-state index >= 15 is 0 Å². The molecule has 0 saturated carbocycles. The average Bonchev–Trinajstić information content (AvgIpc) is 2.73. The fourth-order valence-corrected chi connectivity index (χ4v) is 3.03. The molecule has 27 heavy (non-hydrogen) atoms. The summed E-state index contributed by atoms with van der Waals surface area (Å²) in [6.07, 6.45) is 2.97. The van der Waals surface area contributed by atoms with Crippen molar-refractivity contribution < 1.29 is 14.3 Å². The second-order valence-corrected chi connectivity index (χ2v) is 6.37. The molecule has 1 fully saturated rings. The second-order valence-electron chi connectivity index (χ2n) is 6.37. The van der Waals surface area contributed by atoms with Crippen LogP contribution in [0.25, 0.3) is 0 Å². The third kappa shape index (κ3) is 4.62. The molecule has 2 heterocycles. The molecule has 1 aliphatic rings. The Morgan fingerprint density at radius 1 is 1.11 bits per heavy atom. The molecule has 7 heteroatoms. The molecule has 0 atom stereocenters.